The van der Waals surface area contributed by atoms with Crippen LogP contribution < -0.4 is 20.0 Å². The van der Waals surface area contributed by atoms with Crippen LogP contribution in [0.3, 0.4) is 0 Å². The van der Waals surface area contributed by atoms with Crippen LogP contribution in [0.5, 0.6) is 0 Å². The quantitative estimate of drug-likeness (QED) is 0.267. The maximum absolute atomic E-state index is 9.63. The van der Waals surface area contributed by atoms with Gasteiger partial charge in [0.15, 0.2) is 0 Å². The Bertz CT molecular complexity index is 258. The smallest absolute Gasteiger partial charge is 0.124 e. The molecule has 0 aromatic heterocycles. The molecule has 0 saturated heterocycles. The highest BCUT2D eigenvalue weighted by molar-refractivity contribution is 5.80. The fraction of sp³-hybridized carbons (Fsp3) is 0.833. The highest BCUT2D eigenvalue weighted by Gasteiger charge is 2.17. The van der Waals surface area contributed by atoms with Crippen molar-refractivity contribution in [2.24, 2.45) is 0 Å². The Balaban J connectivity index is -0.000000261. The van der Waals surface area contributed by atoms with Crippen LogP contribution in [-0.2, 0) is 9.59 Å². The number of hydrogen-bond donors (Lipinski definition) is 6. The molecule has 0 rings (SSSR count). The molecule has 0 aromatic carbocycles. The number of carbonyl (C=O) groups excluding carboxylic acids is 2. The van der Waals surface area contributed by atoms with Crippen molar-refractivity contribution in [3.63, 3.8) is 0 Å². The average molecular weight is 328 g/mol. The average Bonchev–Trinajstić information content (AvgIpc) is 2.37. The number of likely N-dealkylation sites (N-methyl/N-ethyl adjacent to an activating group) is 2. The van der Waals surface area contributed by atoms with Crippen molar-refractivity contribution in [3.05, 3.63) is 0 Å². The third-order valence-electron chi connectivity index (χ3n) is 2.01. The van der Waals surface area contributed by atoms with E-state index in [1.807, 2.05) is 28.2 Å². The molecule has 2 unspecified atom stereocenters. The van der Waals surface area contributed by atoms with Crippen molar-refractivity contribution in [1.29, 1.82) is 0 Å². The van der Waals surface area contributed by atoms with Crippen LogP contribution in [0.4, 0.5) is 0 Å². The van der Waals surface area contributed by atoms with E-state index in [0.29, 0.717) is 13.2 Å². The van der Waals surface area contributed by atoms with E-state index in [2.05, 4.69) is 0 Å². The van der Waals surface area contributed by atoms with Gasteiger partial charge in [-0.2, -0.15) is 0 Å². The zero-order chi connectivity index (χ0) is 18.3. The molecule has 0 bridgehead atoms. The number of aliphatic carboxylic acids is 2. The summed E-state index contributed by atoms with van der Waals surface area (Å²) in [4.78, 5) is 21.8. The van der Waals surface area contributed by atoms with Crippen molar-refractivity contribution in [3.8, 4) is 0 Å². The number of carboxylic acid groups (broad SMARTS) is 2. The summed E-state index contributed by atoms with van der Waals surface area (Å²) in [6.07, 6.45) is -4.88. The van der Waals surface area contributed by atoms with E-state index < -0.39 is 24.1 Å². The monoisotopic (exact) mass is 328 g/mol. The van der Waals surface area contributed by atoms with Crippen molar-refractivity contribution in [2.45, 2.75) is 12.2 Å². The predicted octanol–water partition coefficient (Wildman–Crippen LogP) is -8.55. The van der Waals surface area contributed by atoms with Gasteiger partial charge in [0, 0.05) is 0 Å². The van der Waals surface area contributed by atoms with Gasteiger partial charge in [0.05, 0.1) is 53.3 Å². The summed E-state index contributed by atoms with van der Waals surface area (Å²) in [7, 11) is 8.04. The van der Waals surface area contributed by atoms with Gasteiger partial charge in [-0.05, 0) is 0 Å². The Labute approximate surface area is 129 Å². The summed E-state index contributed by atoms with van der Waals surface area (Å²) >= 11 is 0. The number of carboxylic acids is 2. The largest absolute Gasteiger partial charge is 0.547 e. The Kier molecular flexibility index (Phi) is 18.7. The van der Waals surface area contributed by atoms with Gasteiger partial charge in [0.2, 0.25) is 0 Å². The fourth-order valence-corrected chi connectivity index (χ4v) is 0.705. The minimum absolute atomic E-state index is 0.294. The van der Waals surface area contributed by atoms with Gasteiger partial charge in [-0.1, -0.05) is 0 Å². The molecule has 0 saturated carbocycles. The van der Waals surface area contributed by atoms with E-state index in [1.165, 1.54) is 9.80 Å². The maximum Gasteiger partial charge on any atom is 0.124 e. The maximum atomic E-state index is 9.63. The molecule has 0 aliphatic heterocycles. The summed E-state index contributed by atoms with van der Waals surface area (Å²) in [5.74, 6) is -4.12. The Morgan fingerprint density at radius 1 is 0.818 bits per heavy atom. The first-order valence-electron chi connectivity index (χ1n) is 6.58. The number of rotatable bonds is 7. The van der Waals surface area contributed by atoms with Crippen molar-refractivity contribution >= 4 is 11.9 Å². The first-order valence-corrected chi connectivity index (χ1v) is 6.58. The van der Waals surface area contributed by atoms with Crippen LogP contribution in [0.15, 0.2) is 0 Å². The number of quaternary nitrogens is 2. The molecule has 0 aliphatic carbocycles. The number of aliphatic hydroxyl groups is 4. The number of nitrogens with one attached hydrogen (secondary N) is 2. The van der Waals surface area contributed by atoms with Gasteiger partial charge in [0.25, 0.3) is 0 Å². The highest BCUT2D eigenvalue weighted by Crippen LogP contribution is 1.88. The van der Waals surface area contributed by atoms with E-state index in [4.69, 9.17) is 20.4 Å². The Morgan fingerprint density at radius 2 is 1.05 bits per heavy atom. The number of carbonyl (C=O) groups is 2. The molecule has 0 amide bonds. The van der Waals surface area contributed by atoms with Gasteiger partial charge in [-0.25, -0.2) is 0 Å². The highest BCUT2D eigenvalue weighted by atomic mass is 16.4. The summed E-state index contributed by atoms with van der Waals surface area (Å²) in [6.45, 7) is 2.28. The zero-order valence-electron chi connectivity index (χ0n) is 13.4. The van der Waals surface area contributed by atoms with Crippen LogP contribution in [0.25, 0.3) is 0 Å². The molecule has 0 radical (unpaired) electrons. The predicted molar refractivity (Wildman–Crippen MR) is 71.6 cm³/mol. The molecule has 0 spiro atoms. The van der Waals surface area contributed by atoms with E-state index in [0.717, 1.165) is 13.1 Å². The lowest BCUT2D eigenvalue weighted by Gasteiger charge is -2.18. The summed E-state index contributed by atoms with van der Waals surface area (Å²) in [5, 5.41) is 52.2. The van der Waals surface area contributed by atoms with Crippen LogP contribution >= 0.6 is 0 Å². The minimum atomic E-state index is -2.44. The molecular formula is C12H28N2O8. The topological polar surface area (TPSA) is 170 Å². The minimum Gasteiger partial charge on any atom is -0.547 e. The molecule has 2 atom stereocenters. The second kappa shape index (κ2) is 16.1. The lowest BCUT2D eigenvalue weighted by atomic mass is 10.2. The van der Waals surface area contributed by atoms with Gasteiger partial charge >= 0.3 is 0 Å². The molecule has 10 heteroatoms. The van der Waals surface area contributed by atoms with Crippen LogP contribution in [0.1, 0.15) is 0 Å². The summed E-state index contributed by atoms with van der Waals surface area (Å²) < 4.78 is 0. The molecule has 0 aliphatic rings. The fourth-order valence-electron chi connectivity index (χ4n) is 0.705. The third kappa shape index (κ3) is 21.0. The van der Waals surface area contributed by atoms with E-state index in [9.17, 15) is 19.8 Å². The normalized spacial score (nSPS) is 12.6. The van der Waals surface area contributed by atoms with Crippen LogP contribution in [-0.4, -0.2) is 99.1 Å². The SMILES string of the molecule is C[NH+](C)CCO.C[NH+](C)CCO.O=C([O-])C(O)C(O)C(=O)[O-]. The molecule has 0 aromatic rings. The third-order valence-corrected chi connectivity index (χ3v) is 2.01. The number of aliphatic hydroxyl groups excluding tert-OH is 4. The van der Waals surface area contributed by atoms with Gasteiger partial charge < -0.3 is 50.0 Å². The number of hydrogen-bond acceptors (Lipinski definition) is 8. The summed E-state index contributed by atoms with van der Waals surface area (Å²) in [6, 6.07) is 0. The molecule has 10 nitrogen and oxygen atoms in total. The zero-order valence-corrected chi connectivity index (χ0v) is 13.4. The van der Waals surface area contributed by atoms with Gasteiger partial charge in [-0.3, -0.25) is 0 Å². The van der Waals surface area contributed by atoms with E-state index in [-0.39, 0.29) is 0 Å². The van der Waals surface area contributed by atoms with E-state index in [1.54, 1.807) is 0 Å². The molecular weight excluding hydrogens is 300 g/mol. The van der Waals surface area contributed by atoms with Gasteiger partial charge in [0.1, 0.15) is 25.3 Å². The summed E-state index contributed by atoms with van der Waals surface area (Å²) in [5.41, 5.74) is 0. The van der Waals surface area contributed by atoms with Gasteiger partial charge in [-0.15, -0.1) is 0 Å². The van der Waals surface area contributed by atoms with Crippen molar-refractivity contribution in [2.75, 3.05) is 54.5 Å². The molecule has 0 fully saturated rings. The lowest BCUT2D eigenvalue weighted by molar-refractivity contribution is -0.858. The van der Waals surface area contributed by atoms with Crippen LogP contribution in [0, 0.1) is 0 Å². The first-order chi connectivity index (χ1) is 10.0. The van der Waals surface area contributed by atoms with Crippen LogP contribution in [0.2, 0.25) is 0 Å². The first kappa shape index (κ1) is 25.6. The second-order valence-corrected chi connectivity index (χ2v) is 4.89. The Morgan fingerprint density at radius 3 is 1.09 bits per heavy atom. The van der Waals surface area contributed by atoms with Crippen molar-refractivity contribution in [1.82, 2.24) is 0 Å². The molecule has 0 heterocycles. The lowest BCUT2D eigenvalue weighted by Crippen LogP contribution is -3.06. The standard InChI is InChI=1S/2C4H11NO.C4H6O6/c2*1-5(2)3-4-6;5-1(3(7)8)2(6)4(9)10/h2*6H,3-4H2,1-2H3;1-2,5-6H,(H,7,8)(H,9,10). The second-order valence-electron chi connectivity index (χ2n) is 4.89. The molecule has 134 valence electrons. The van der Waals surface area contributed by atoms with Crippen molar-refractivity contribution < 1.29 is 50.0 Å². The molecule has 22 heavy (non-hydrogen) atoms. The molecule has 6 N–H and O–H groups in total. The van der Waals surface area contributed by atoms with E-state index >= 15 is 0 Å². The Hall–Kier alpha value is -1.30.